The van der Waals surface area contributed by atoms with E-state index in [0.29, 0.717) is 27.3 Å². The number of ether oxygens (including phenoxy) is 1. The van der Waals surface area contributed by atoms with Gasteiger partial charge in [0.25, 0.3) is 5.91 Å². The molecule has 2 aliphatic rings. The van der Waals surface area contributed by atoms with Crippen LogP contribution < -0.4 is 11.1 Å². The van der Waals surface area contributed by atoms with Crippen LogP contribution >= 0.6 is 23.1 Å². The summed E-state index contributed by atoms with van der Waals surface area (Å²) in [6.07, 6.45) is 1.86. The highest BCUT2D eigenvalue weighted by Gasteiger charge is 2.52. The number of rotatable bonds is 4. The first-order valence-corrected chi connectivity index (χ1v) is 10.8. The van der Waals surface area contributed by atoms with Gasteiger partial charge in [0.2, 0.25) is 0 Å². The zero-order valence-electron chi connectivity index (χ0n) is 15.8. The van der Waals surface area contributed by atoms with Crippen molar-refractivity contribution in [3.8, 4) is 0 Å². The molecule has 0 radical (unpaired) electrons. The third kappa shape index (κ3) is 3.88. The van der Waals surface area contributed by atoms with Gasteiger partial charge in [-0.2, -0.15) is 13.9 Å². The Hall–Kier alpha value is -2.05. The number of thiazole rings is 1. The number of aromatic nitrogens is 3. The summed E-state index contributed by atoms with van der Waals surface area (Å²) in [6, 6.07) is 1.23. The molecule has 1 unspecified atom stereocenters. The molecule has 1 saturated heterocycles. The summed E-state index contributed by atoms with van der Waals surface area (Å²) in [5.41, 5.74) is 4.96. The Balaban J connectivity index is 1.57. The van der Waals surface area contributed by atoms with Crippen LogP contribution in [0.5, 0.6) is 0 Å². The van der Waals surface area contributed by atoms with Crippen LogP contribution in [0.15, 0.2) is 22.6 Å². The van der Waals surface area contributed by atoms with E-state index < -0.39 is 18.0 Å². The fraction of sp³-hybridized carbons (Fsp3) is 0.529. The second-order valence-corrected chi connectivity index (χ2v) is 9.48. The van der Waals surface area contributed by atoms with Gasteiger partial charge in [-0.3, -0.25) is 4.79 Å². The molecule has 1 fully saturated rings. The molecule has 0 saturated carbocycles. The molecule has 4 heterocycles. The highest BCUT2D eigenvalue weighted by Crippen LogP contribution is 2.49. The van der Waals surface area contributed by atoms with E-state index in [1.54, 1.807) is 5.38 Å². The van der Waals surface area contributed by atoms with Crippen molar-refractivity contribution in [3.63, 3.8) is 0 Å². The number of carbonyl (C=O) groups is 1. The van der Waals surface area contributed by atoms with Gasteiger partial charge in [0.1, 0.15) is 16.4 Å². The first kappa shape index (κ1) is 20.2. The number of anilines is 1. The van der Waals surface area contributed by atoms with Crippen LogP contribution in [0.2, 0.25) is 0 Å². The summed E-state index contributed by atoms with van der Waals surface area (Å²) in [7, 11) is 0. The molecule has 2 aliphatic heterocycles. The summed E-state index contributed by atoms with van der Waals surface area (Å²) in [5, 5.41) is 9.05. The third-order valence-corrected chi connectivity index (χ3v) is 6.96. The lowest BCUT2D eigenvalue weighted by atomic mass is 9.77. The molecule has 0 aromatic carbocycles. The molecule has 2 atom stereocenters. The van der Waals surface area contributed by atoms with Crippen LogP contribution in [-0.4, -0.2) is 43.8 Å². The minimum Gasteiger partial charge on any atom is -0.379 e. The van der Waals surface area contributed by atoms with Crippen molar-refractivity contribution in [1.29, 1.82) is 0 Å². The average Bonchev–Trinajstić information content (AvgIpc) is 3.31. The number of alkyl halides is 2. The molecule has 12 heteroatoms. The normalized spacial score (nSPS) is 26.1. The Morgan fingerprint density at radius 1 is 1.48 bits per heavy atom. The smallest absolute Gasteiger partial charge is 0.333 e. The number of aliphatic imine (C=N–C) groups is 1. The SMILES string of the molecule is CC1(C)CC2CSC(N)=N[C@]2(c2nc(NC(=O)c3ccn(C(F)F)n3)cs2)CO1. The highest BCUT2D eigenvalue weighted by atomic mass is 32.2. The van der Waals surface area contributed by atoms with Gasteiger partial charge in [-0.25, -0.2) is 14.7 Å². The summed E-state index contributed by atoms with van der Waals surface area (Å²) in [4.78, 5) is 21.6. The van der Waals surface area contributed by atoms with E-state index in [2.05, 4.69) is 29.2 Å². The lowest BCUT2D eigenvalue weighted by molar-refractivity contribution is -0.109. The van der Waals surface area contributed by atoms with E-state index in [1.807, 2.05) is 0 Å². The van der Waals surface area contributed by atoms with Crippen molar-refractivity contribution in [1.82, 2.24) is 14.8 Å². The lowest BCUT2D eigenvalue weighted by Gasteiger charge is -2.47. The van der Waals surface area contributed by atoms with Crippen molar-refractivity contribution in [2.45, 2.75) is 38.0 Å². The second kappa shape index (κ2) is 7.33. The maximum atomic E-state index is 12.6. The van der Waals surface area contributed by atoms with Gasteiger partial charge >= 0.3 is 6.55 Å². The number of carbonyl (C=O) groups excluding carboxylic acids is 1. The molecule has 3 N–H and O–H groups in total. The van der Waals surface area contributed by atoms with E-state index in [9.17, 15) is 13.6 Å². The predicted octanol–water partition coefficient (Wildman–Crippen LogP) is 3.06. The van der Waals surface area contributed by atoms with E-state index in [4.69, 9.17) is 15.5 Å². The zero-order valence-corrected chi connectivity index (χ0v) is 17.4. The maximum absolute atomic E-state index is 12.6. The minimum atomic E-state index is -2.80. The number of amides is 1. The molecule has 29 heavy (non-hydrogen) atoms. The average molecular weight is 443 g/mol. The van der Waals surface area contributed by atoms with E-state index >= 15 is 0 Å². The fourth-order valence-corrected chi connectivity index (χ4v) is 5.50. The first-order valence-electron chi connectivity index (χ1n) is 8.91. The van der Waals surface area contributed by atoms with Gasteiger partial charge in [0, 0.05) is 23.2 Å². The fourth-order valence-electron chi connectivity index (χ4n) is 3.54. The van der Waals surface area contributed by atoms with Crippen LogP contribution in [0.4, 0.5) is 14.6 Å². The molecule has 8 nitrogen and oxygen atoms in total. The highest BCUT2D eigenvalue weighted by molar-refractivity contribution is 8.13. The number of nitrogens with two attached hydrogens (primary N) is 1. The molecule has 2 aromatic rings. The first-order chi connectivity index (χ1) is 13.7. The maximum Gasteiger partial charge on any atom is 0.333 e. The Morgan fingerprint density at radius 2 is 2.28 bits per heavy atom. The van der Waals surface area contributed by atoms with Gasteiger partial charge in [0.05, 0.1) is 12.2 Å². The van der Waals surface area contributed by atoms with Crippen LogP contribution in [0.3, 0.4) is 0 Å². The van der Waals surface area contributed by atoms with Crippen LogP contribution in [0.1, 0.15) is 42.3 Å². The number of fused-ring (bicyclic) bond motifs is 1. The number of nitrogens with one attached hydrogen (secondary N) is 1. The largest absolute Gasteiger partial charge is 0.379 e. The lowest BCUT2D eigenvalue weighted by Crippen LogP contribution is -2.52. The van der Waals surface area contributed by atoms with Gasteiger partial charge in [0.15, 0.2) is 10.9 Å². The van der Waals surface area contributed by atoms with E-state index in [1.165, 1.54) is 29.2 Å². The van der Waals surface area contributed by atoms with Crippen LogP contribution in [0.25, 0.3) is 0 Å². The molecule has 1 amide bonds. The summed E-state index contributed by atoms with van der Waals surface area (Å²) >= 11 is 2.88. The quantitative estimate of drug-likeness (QED) is 0.754. The van der Waals surface area contributed by atoms with Crippen molar-refractivity contribution in [2.24, 2.45) is 16.6 Å². The number of hydrogen-bond acceptors (Lipinski definition) is 8. The minimum absolute atomic E-state index is 0.116. The Morgan fingerprint density at radius 3 is 3.00 bits per heavy atom. The van der Waals surface area contributed by atoms with Gasteiger partial charge < -0.3 is 15.8 Å². The number of halogens is 2. The number of hydrogen-bond donors (Lipinski definition) is 2. The van der Waals surface area contributed by atoms with Gasteiger partial charge in [-0.15, -0.1) is 11.3 Å². The second-order valence-electron chi connectivity index (χ2n) is 7.59. The number of amidine groups is 1. The van der Waals surface area contributed by atoms with Crippen molar-refractivity contribution >= 4 is 40.0 Å². The standard InChI is InChI=1S/C17H20F2N6O2S2/c1-16(2)5-9-6-29-15(20)23-17(9,8-27-16)13-22-11(7-28-13)21-12(26)10-3-4-25(24-10)14(18)19/h3-4,7,9,14H,5-6,8H2,1-2H3,(H2,20,23)(H,21,26)/t9?,17-/m1/s1. The van der Waals surface area contributed by atoms with Crippen LogP contribution in [0, 0.1) is 5.92 Å². The third-order valence-electron chi connectivity index (χ3n) is 5.00. The Kier molecular flexibility index (Phi) is 5.11. The number of thioether (sulfide) groups is 1. The molecule has 4 rings (SSSR count). The van der Waals surface area contributed by atoms with Crippen LogP contribution in [-0.2, 0) is 10.3 Å². The van der Waals surface area contributed by atoms with Crippen molar-refractivity contribution in [3.05, 3.63) is 28.3 Å². The molecular weight excluding hydrogens is 422 g/mol. The molecule has 0 aliphatic carbocycles. The summed E-state index contributed by atoms with van der Waals surface area (Å²) < 4.78 is 31.8. The Bertz CT molecular complexity index is 959. The molecular formula is C17H20F2N6O2S2. The summed E-state index contributed by atoms with van der Waals surface area (Å²) in [5.74, 6) is 0.708. The van der Waals surface area contributed by atoms with E-state index in [-0.39, 0.29) is 17.2 Å². The molecule has 0 spiro atoms. The number of nitrogens with zero attached hydrogens (tertiary/aromatic N) is 4. The molecule has 156 valence electrons. The van der Waals surface area contributed by atoms with Crippen molar-refractivity contribution in [2.75, 3.05) is 17.7 Å². The molecule has 0 bridgehead atoms. The topological polar surface area (TPSA) is 107 Å². The van der Waals surface area contributed by atoms with E-state index in [0.717, 1.165) is 18.4 Å². The predicted molar refractivity (Wildman–Crippen MR) is 107 cm³/mol. The van der Waals surface area contributed by atoms with Gasteiger partial charge in [-0.05, 0) is 26.3 Å². The summed E-state index contributed by atoms with van der Waals surface area (Å²) in [6.45, 7) is 1.65. The zero-order chi connectivity index (χ0) is 20.8. The monoisotopic (exact) mass is 442 g/mol. The van der Waals surface area contributed by atoms with Crippen molar-refractivity contribution < 1.29 is 18.3 Å². The molecule has 2 aromatic heterocycles. The Labute approximate surface area is 173 Å². The van der Waals surface area contributed by atoms with Gasteiger partial charge in [-0.1, -0.05) is 11.8 Å².